The van der Waals surface area contributed by atoms with Gasteiger partial charge in [0, 0.05) is 31.1 Å². The Morgan fingerprint density at radius 2 is 1.08 bits per heavy atom. The van der Waals surface area contributed by atoms with E-state index in [0.717, 1.165) is 25.2 Å². The Morgan fingerprint density at radius 1 is 0.692 bits per heavy atom. The Morgan fingerprint density at radius 3 is 1.42 bits per heavy atom. The van der Waals surface area contributed by atoms with Crippen molar-refractivity contribution in [1.29, 1.82) is 0 Å². The number of aromatic nitrogens is 3. The van der Waals surface area contributed by atoms with Crippen molar-refractivity contribution in [1.82, 2.24) is 13.7 Å². The highest BCUT2D eigenvalue weighted by atomic mass is 32.2. The largest absolute Gasteiger partial charge is 0.396 e. The fraction of sp³-hybridized carbons (Fsp3) is 0.812. The number of hydrogen-bond donors (Lipinski definition) is 2. The summed E-state index contributed by atoms with van der Waals surface area (Å²) in [6, 6.07) is 0. The van der Waals surface area contributed by atoms with Gasteiger partial charge in [-0.1, -0.05) is 6.92 Å². The minimum absolute atomic E-state index is 0.104. The molecule has 26 heavy (non-hydrogen) atoms. The second kappa shape index (κ2) is 13.2. The Bertz CT molecular complexity index is 646. The van der Waals surface area contributed by atoms with Crippen LogP contribution >= 0.6 is 23.5 Å². The lowest BCUT2D eigenvalue weighted by atomic mass is 10.4. The van der Waals surface area contributed by atoms with Crippen LogP contribution in [0.5, 0.6) is 0 Å². The molecule has 1 rings (SSSR count). The van der Waals surface area contributed by atoms with Gasteiger partial charge in [-0.25, -0.2) is 28.1 Å². The van der Waals surface area contributed by atoms with Crippen LogP contribution in [0.25, 0.3) is 0 Å². The SMILES string of the molecule is CCCn1c(=O)n(CCCSCCO)c(=O)n(CCCSCCO)c1=O. The summed E-state index contributed by atoms with van der Waals surface area (Å²) in [5.74, 6) is 2.72. The standard InChI is InChI=1S/C16H29N3O5S2/c1-2-5-17-14(22)18(6-3-10-25-12-8-20)16(24)19(15(17)23)7-4-11-26-13-9-21/h20-21H,2-13H2,1H3. The number of aliphatic hydroxyl groups is 2. The molecule has 0 amide bonds. The van der Waals surface area contributed by atoms with Gasteiger partial charge < -0.3 is 10.2 Å². The van der Waals surface area contributed by atoms with Gasteiger partial charge in [0.2, 0.25) is 0 Å². The van der Waals surface area contributed by atoms with Gasteiger partial charge in [0.05, 0.1) is 13.2 Å². The molecule has 0 spiro atoms. The van der Waals surface area contributed by atoms with E-state index in [1.54, 1.807) is 23.5 Å². The Kier molecular flexibility index (Phi) is 11.7. The Hall–Kier alpha value is -0.970. The molecule has 2 N–H and O–H groups in total. The van der Waals surface area contributed by atoms with Gasteiger partial charge in [-0.05, 0) is 30.8 Å². The van der Waals surface area contributed by atoms with E-state index in [4.69, 9.17) is 10.2 Å². The number of thioether (sulfide) groups is 2. The van der Waals surface area contributed by atoms with Crippen LogP contribution in [0.1, 0.15) is 26.2 Å². The molecule has 0 bridgehead atoms. The van der Waals surface area contributed by atoms with E-state index in [9.17, 15) is 14.4 Å². The second-order valence-electron chi connectivity index (χ2n) is 5.68. The summed E-state index contributed by atoms with van der Waals surface area (Å²) in [7, 11) is 0. The number of aliphatic hydroxyl groups excluding tert-OH is 2. The lowest BCUT2D eigenvalue weighted by Gasteiger charge is -2.13. The molecule has 150 valence electrons. The fourth-order valence-corrected chi connectivity index (χ4v) is 3.80. The molecule has 0 radical (unpaired) electrons. The molecule has 1 aromatic rings. The van der Waals surface area contributed by atoms with Crippen LogP contribution in [0.2, 0.25) is 0 Å². The van der Waals surface area contributed by atoms with E-state index < -0.39 is 17.1 Å². The van der Waals surface area contributed by atoms with Gasteiger partial charge >= 0.3 is 17.1 Å². The van der Waals surface area contributed by atoms with Crippen LogP contribution in [-0.4, -0.2) is 60.1 Å². The van der Waals surface area contributed by atoms with Crippen molar-refractivity contribution in [3.63, 3.8) is 0 Å². The fourth-order valence-electron chi connectivity index (χ4n) is 2.46. The molecular weight excluding hydrogens is 378 g/mol. The first-order valence-electron chi connectivity index (χ1n) is 8.90. The van der Waals surface area contributed by atoms with Crippen molar-refractivity contribution in [3.8, 4) is 0 Å². The molecular formula is C16H29N3O5S2. The smallest absolute Gasteiger partial charge is 0.336 e. The molecule has 0 fully saturated rings. The number of rotatable bonds is 14. The van der Waals surface area contributed by atoms with Crippen molar-refractivity contribution >= 4 is 23.5 Å². The molecule has 1 aromatic heterocycles. The number of nitrogens with zero attached hydrogens (tertiary/aromatic N) is 3. The lowest BCUT2D eigenvalue weighted by Crippen LogP contribution is -2.54. The van der Waals surface area contributed by atoms with Crippen LogP contribution in [0, 0.1) is 0 Å². The third-order valence-electron chi connectivity index (χ3n) is 3.64. The van der Waals surface area contributed by atoms with E-state index in [1.807, 2.05) is 6.92 Å². The molecule has 1 heterocycles. The summed E-state index contributed by atoms with van der Waals surface area (Å²) in [6.07, 6.45) is 1.87. The predicted octanol–water partition coefficient (Wildman–Crippen LogP) is -0.187. The first-order valence-corrected chi connectivity index (χ1v) is 11.2. The predicted molar refractivity (Wildman–Crippen MR) is 108 cm³/mol. The Balaban J connectivity index is 2.98. The van der Waals surface area contributed by atoms with E-state index in [2.05, 4.69) is 0 Å². The van der Waals surface area contributed by atoms with Crippen LogP contribution in [0.3, 0.4) is 0 Å². The van der Waals surface area contributed by atoms with Gasteiger partial charge in [-0.15, -0.1) is 0 Å². The summed E-state index contributed by atoms with van der Waals surface area (Å²) >= 11 is 3.12. The summed E-state index contributed by atoms with van der Waals surface area (Å²) in [6.45, 7) is 2.90. The third-order valence-corrected chi connectivity index (χ3v) is 5.74. The molecule has 0 unspecified atom stereocenters. The average molecular weight is 408 g/mol. The minimum Gasteiger partial charge on any atom is -0.396 e. The zero-order valence-electron chi connectivity index (χ0n) is 15.3. The van der Waals surface area contributed by atoms with E-state index in [0.29, 0.717) is 30.8 Å². The van der Waals surface area contributed by atoms with Crippen LogP contribution in [0.15, 0.2) is 14.4 Å². The van der Waals surface area contributed by atoms with Crippen LogP contribution in [0.4, 0.5) is 0 Å². The quantitative estimate of drug-likeness (QED) is 0.412. The van der Waals surface area contributed by atoms with Crippen molar-refractivity contribution in [3.05, 3.63) is 31.5 Å². The summed E-state index contributed by atoms with van der Waals surface area (Å²) < 4.78 is 3.44. The third kappa shape index (κ3) is 6.98. The van der Waals surface area contributed by atoms with Gasteiger partial charge in [-0.2, -0.15) is 23.5 Å². The molecule has 0 aromatic carbocycles. The van der Waals surface area contributed by atoms with E-state index in [1.165, 1.54) is 0 Å². The molecule has 8 nitrogen and oxygen atoms in total. The average Bonchev–Trinajstić information content (AvgIpc) is 2.63. The van der Waals surface area contributed by atoms with Crippen LogP contribution in [-0.2, 0) is 19.6 Å². The monoisotopic (exact) mass is 407 g/mol. The zero-order chi connectivity index (χ0) is 19.4. The zero-order valence-corrected chi connectivity index (χ0v) is 16.9. The second-order valence-corrected chi connectivity index (χ2v) is 8.13. The summed E-state index contributed by atoms with van der Waals surface area (Å²) in [5, 5.41) is 17.6. The maximum Gasteiger partial charge on any atom is 0.336 e. The van der Waals surface area contributed by atoms with Crippen molar-refractivity contribution in [2.24, 2.45) is 0 Å². The highest BCUT2D eigenvalue weighted by Crippen LogP contribution is 2.02. The molecule has 0 aliphatic heterocycles. The first kappa shape index (κ1) is 23.1. The van der Waals surface area contributed by atoms with E-state index >= 15 is 0 Å². The van der Waals surface area contributed by atoms with Crippen molar-refractivity contribution in [2.75, 3.05) is 36.2 Å². The molecule has 10 heteroatoms. The molecule has 0 atom stereocenters. The van der Waals surface area contributed by atoms with Crippen molar-refractivity contribution < 1.29 is 10.2 Å². The number of hydrogen-bond acceptors (Lipinski definition) is 7. The molecule has 0 aliphatic carbocycles. The van der Waals surface area contributed by atoms with E-state index in [-0.39, 0.29) is 32.8 Å². The van der Waals surface area contributed by atoms with Gasteiger partial charge in [0.25, 0.3) is 0 Å². The maximum absolute atomic E-state index is 12.6. The molecule has 0 saturated heterocycles. The minimum atomic E-state index is -0.549. The highest BCUT2D eigenvalue weighted by Gasteiger charge is 2.14. The van der Waals surface area contributed by atoms with Gasteiger partial charge in [0.1, 0.15) is 0 Å². The normalized spacial score (nSPS) is 11.2. The van der Waals surface area contributed by atoms with Crippen LogP contribution < -0.4 is 17.1 Å². The van der Waals surface area contributed by atoms with Gasteiger partial charge in [0.15, 0.2) is 0 Å². The maximum atomic E-state index is 12.6. The lowest BCUT2D eigenvalue weighted by molar-refractivity contribution is 0.322. The summed E-state index contributed by atoms with van der Waals surface area (Å²) in [5.41, 5.74) is -1.63. The Labute approximate surface area is 161 Å². The summed E-state index contributed by atoms with van der Waals surface area (Å²) in [4.78, 5) is 37.7. The topological polar surface area (TPSA) is 106 Å². The first-order chi connectivity index (χ1) is 12.6. The molecule has 0 saturated carbocycles. The van der Waals surface area contributed by atoms with Gasteiger partial charge in [-0.3, -0.25) is 0 Å². The molecule has 0 aliphatic rings. The van der Waals surface area contributed by atoms with Crippen molar-refractivity contribution in [2.45, 2.75) is 45.8 Å². The highest BCUT2D eigenvalue weighted by molar-refractivity contribution is 7.99.